The topological polar surface area (TPSA) is 93.7 Å². The molecule has 7 nitrogen and oxygen atoms in total. The Hall–Kier alpha value is -3.32. The van der Waals surface area contributed by atoms with Crippen LogP contribution >= 0.6 is 11.6 Å². The third kappa shape index (κ3) is 2.55. The number of halogens is 1. The zero-order valence-electron chi connectivity index (χ0n) is 15.0. The Labute approximate surface area is 165 Å². The van der Waals surface area contributed by atoms with Gasteiger partial charge >= 0.3 is 11.9 Å². The highest BCUT2D eigenvalue weighted by Gasteiger charge is 2.62. The highest BCUT2D eigenvalue weighted by Crippen LogP contribution is 2.50. The molecule has 0 fully saturated rings. The van der Waals surface area contributed by atoms with Crippen LogP contribution in [0.15, 0.2) is 53.7 Å². The molecule has 2 N–H and O–H groups in total. The number of hydrogen-bond donors (Lipinski definition) is 2. The number of esters is 2. The number of nitrogens with one attached hydrogen (secondary N) is 2. The summed E-state index contributed by atoms with van der Waals surface area (Å²) in [5, 5.41) is 5.85. The average molecular weight is 399 g/mol. The molecule has 2 aromatic rings. The number of carbonyl (C=O) groups excluding carboxylic acids is 3. The Bertz CT molecular complexity index is 1060. The molecule has 2 heterocycles. The second-order valence-electron chi connectivity index (χ2n) is 6.45. The Morgan fingerprint density at radius 3 is 2.57 bits per heavy atom. The maximum Gasteiger partial charge on any atom is 0.357 e. The molecule has 0 saturated carbocycles. The van der Waals surface area contributed by atoms with Gasteiger partial charge in [0, 0.05) is 22.0 Å². The summed E-state index contributed by atoms with van der Waals surface area (Å²) < 4.78 is 10.4. The molecular weight excluding hydrogens is 384 g/mol. The van der Waals surface area contributed by atoms with Gasteiger partial charge < -0.3 is 20.1 Å². The molecule has 0 bridgehead atoms. The summed E-state index contributed by atoms with van der Waals surface area (Å²) in [4.78, 5) is 38.2. The summed E-state index contributed by atoms with van der Waals surface area (Å²) in [5.74, 6) is -2.37. The van der Waals surface area contributed by atoms with Crippen LogP contribution in [0.5, 0.6) is 0 Å². The molecule has 28 heavy (non-hydrogen) atoms. The smallest absolute Gasteiger partial charge is 0.357 e. The molecule has 2 aliphatic heterocycles. The molecule has 1 amide bonds. The van der Waals surface area contributed by atoms with Gasteiger partial charge in [-0.2, -0.15) is 0 Å². The Kier molecular flexibility index (Phi) is 4.12. The largest absolute Gasteiger partial charge is 0.465 e. The van der Waals surface area contributed by atoms with Crippen molar-refractivity contribution in [1.82, 2.24) is 0 Å². The van der Waals surface area contributed by atoms with Gasteiger partial charge in [0.1, 0.15) is 11.3 Å². The maximum atomic E-state index is 12.9. The van der Waals surface area contributed by atoms with Crippen LogP contribution < -0.4 is 10.6 Å². The van der Waals surface area contributed by atoms with Gasteiger partial charge in [-0.1, -0.05) is 29.3 Å². The van der Waals surface area contributed by atoms with E-state index < -0.39 is 23.4 Å². The minimum absolute atomic E-state index is 0.154. The van der Waals surface area contributed by atoms with Gasteiger partial charge in [0.25, 0.3) is 11.5 Å². The van der Waals surface area contributed by atoms with Gasteiger partial charge in [-0.05, 0) is 37.3 Å². The van der Waals surface area contributed by atoms with Crippen molar-refractivity contribution in [3.8, 4) is 0 Å². The molecular formula is C20H15ClN2O5. The monoisotopic (exact) mass is 398 g/mol. The summed E-state index contributed by atoms with van der Waals surface area (Å²) in [7, 11) is 1.17. The summed E-state index contributed by atoms with van der Waals surface area (Å²) in [6, 6.07) is 11.8. The molecule has 0 aromatic heterocycles. The normalized spacial score (nSPS) is 20.1. The quantitative estimate of drug-likeness (QED) is 0.772. The first-order valence-electron chi connectivity index (χ1n) is 8.38. The van der Waals surface area contributed by atoms with E-state index in [0.29, 0.717) is 16.4 Å². The molecule has 1 spiro atoms. The van der Waals surface area contributed by atoms with E-state index in [1.54, 1.807) is 24.3 Å². The van der Waals surface area contributed by atoms with E-state index in [1.807, 2.05) is 19.1 Å². The van der Waals surface area contributed by atoms with Gasteiger partial charge in [0.2, 0.25) is 0 Å². The lowest BCUT2D eigenvalue weighted by Gasteiger charge is -2.22. The van der Waals surface area contributed by atoms with Crippen LogP contribution in [0.25, 0.3) is 0 Å². The average Bonchev–Trinajstić information content (AvgIpc) is 3.11. The molecule has 4 rings (SSSR count). The van der Waals surface area contributed by atoms with Gasteiger partial charge in [-0.3, -0.25) is 4.79 Å². The lowest BCUT2D eigenvalue weighted by molar-refractivity contribution is -0.156. The van der Waals surface area contributed by atoms with Crippen molar-refractivity contribution in [2.45, 2.75) is 12.5 Å². The van der Waals surface area contributed by atoms with Crippen LogP contribution in [0.2, 0.25) is 5.02 Å². The molecule has 1 atom stereocenters. The van der Waals surface area contributed by atoms with Crippen LogP contribution in [0.4, 0.5) is 11.4 Å². The summed E-state index contributed by atoms with van der Waals surface area (Å²) >= 11 is 6.08. The fraction of sp³-hybridized carbons (Fsp3) is 0.150. The van der Waals surface area contributed by atoms with E-state index in [0.717, 1.165) is 5.56 Å². The number of fused-ring (bicyclic) bond motifs is 2. The summed E-state index contributed by atoms with van der Waals surface area (Å²) in [5.41, 5.74) is -0.0765. The molecule has 2 aromatic carbocycles. The first-order valence-corrected chi connectivity index (χ1v) is 8.76. The first kappa shape index (κ1) is 18.1. The zero-order valence-corrected chi connectivity index (χ0v) is 15.7. The van der Waals surface area contributed by atoms with E-state index in [2.05, 4.69) is 10.6 Å². The van der Waals surface area contributed by atoms with Crippen molar-refractivity contribution in [3.63, 3.8) is 0 Å². The molecule has 0 radical (unpaired) electrons. The van der Waals surface area contributed by atoms with E-state index in [-0.39, 0.29) is 16.8 Å². The van der Waals surface area contributed by atoms with E-state index >= 15 is 0 Å². The molecule has 0 aliphatic carbocycles. The standard InChI is InChI=1S/C20H15ClN2O5/c1-10-3-6-12(7-4-10)22-16-15(17(24)27-2)20(28-18(16)25)13-9-11(21)5-8-14(13)23-19(20)26/h3-9,22H,1-2H3,(H,23,26). The number of anilines is 2. The number of amides is 1. The van der Waals surface area contributed by atoms with Gasteiger partial charge in [0.15, 0.2) is 0 Å². The SMILES string of the molecule is COC(=O)C1=C(Nc2ccc(C)cc2)C(=O)OC12C(=O)Nc1ccc(Cl)cc12. The van der Waals surface area contributed by atoms with Crippen LogP contribution in [-0.4, -0.2) is 25.0 Å². The minimum atomic E-state index is -1.96. The Balaban J connectivity index is 1.92. The highest BCUT2D eigenvalue weighted by molar-refractivity contribution is 6.31. The zero-order chi connectivity index (χ0) is 20.1. The van der Waals surface area contributed by atoms with E-state index in [9.17, 15) is 14.4 Å². The molecule has 2 aliphatic rings. The highest BCUT2D eigenvalue weighted by atomic mass is 35.5. The third-order valence-electron chi connectivity index (χ3n) is 4.69. The van der Waals surface area contributed by atoms with Crippen LogP contribution in [0, 0.1) is 6.92 Å². The lowest BCUT2D eigenvalue weighted by Crippen LogP contribution is -2.39. The molecule has 8 heteroatoms. The van der Waals surface area contributed by atoms with E-state index in [1.165, 1.54) is 13.2 Å². The number of ether oxygens (including phenoxy) is 2. The van der Waals surface area contributed by atoms with Gasteiger partial charge in [-0.15, -0.1) is 0 Å². The number of benzene rings is 2. The predicted molar refractivity (Wildman–Crippen MR) is 102 cm³/mol. The number of rotatable bonds is 3. The second-order valence-corrected chi connectivity index (χ2v) is 6.88. The first-order chi connectivity index (χ1) is 13.4. The molecule has 1 unspecified atom stereocenters. The van der Waals surface area contributed by atoms with Crippen LogP contribution in [0.3, 0.4) is 0 Å². The van der Waals surface area contributed by atoms with Crippen molar-refractivity contribution in [2.75, 3.05) is 17.7 Å². The van der Waals surface area contributed by atoms with Crippen molar-refractivity contribution in [3.05, 3.63) is 69.9 Å². The van der Waals surface area contributed by atoms with Crippen LogP contribution in [0.1, 0.15) is 11.1 Å². The Morgan fingerprint density at radius 2 is 1.89 bits per heavy atom. The van der Waals surface area contributed by atoms with E-state index in [4.69, 9.17) is 21.1 Å². The van der Waals surface area contributed by atoms with Crippen molar-refractivity contribution >= 4 is 40.8 Å². The van der Waals surface area contributed by atoms with Gasteiger partial charge in [-0.25, -0.2) is 9.59 Å². The summed E-state index contributed by atoms with van der Waals surface area (Å²) in [6.07, 6.45) is 0. The van der Waals surface area contributed by atoms with Crippen molar-refractivity contribution in [1.29, 1.82) is 0 Å². The summed E-state index contributed by atoms with van der Waals surface area (Å²) in [6.45, 7) is 1.92. The Morgan fingerprint density at radius 1 is 1.18 bits per heavy atom. The molecule has 142 valence electrons. The van der Waals surface area contributed by atoms with Crippen molar-refractivity contribution in [2.24, 2.45) is 0 Å². The fourth-order valence-electron chi connectivity index (χ4n) is 3.36. The minimum Gasteiger partial charge on any atom is -0.465 e. The van der Waals surface area contributed by atoms with Crippen LogP contribution in [-0.2, 0) is 29.5 Å². The maximum absolute atomic E-state index is 12.9. The lowest BCUT2D eigenvalue weighted by atomic mass is 9.87. The fourth-order valence-corrected chi connectivity index (χ4v) is 3.53. The predicted octanol–water partition coefficient (Wildman–Crippen LogP) is 2.89. The van der Waals surface area contributed by atoms with Crippen molar-refractivity contribution < 1.29 is 23.9 Å². The number of carbonyl (C=O) groups is 3. The van der Waals surface area contributed by atoms with Gasteiger partial charge in [0.05, 0.1) is 7.11 Å². The number of aryl methyl sites for hydroxylation is 1. The molecule has 0 saturated heterocycles. The third-order valence-corrected chi connectivity index (χ3v) is 4.93. The number of hydrogen-bond acceptors (Lipinski definition) is 6. The number of methoxy groups -OCH3 is 1. The second kappa shape index (κ2) is 6.38.